The highest BCUT2D eigenvalue weighted by Crippen LogP contribution is 2.42. The van der Waals surface area contributed by atoms with Crippen LogP contribution in [-0.2, 0) is 32.2 Å². The van der Waals surface area contributed by atoms with Crippen molar-refractivity contribution in [1.82, 2.24) is 15.5 Å². The van der Waals surface area contributed by atoms with Gasteiger partial charge in [0.2, 0.25) is 0 Å². The summed E-state index contributed by atoms with van der Waals surface area (Å²) in [7, 11) is 2.15. The topological polar surface area (TPSA) is 109 Å². The minimum absolute atomic E-state index is 0.0125. The molecule has 0 aliphatic carbocycles. The number of nitrogens with one attached hydrogen (secondary N) is 2. The molecule has 1 heterocycles. The Hall–Kier alpha value is -5.06. The summed E-state index contributed by atoms with van der Waals surface area (Å²) in [5.41, 5.74) is 6.95. The highest BCUT2D eigenvalue weighted by Gasteiger charge is 2.39. The number of aliphatic hydroxyl groups is 1. The SMILES string of the molecule is CCOC(=O)CNC(=O)NCc1ccccc1-c1ccc([C@H]2O[C@@H](CN(C)[C@H](C)c3ccc4ccccc4c3)[C@@H](C)[C@@H](c3ccc(CO)cc3)O2)cc1. The normalized spacial score (nSPS) is 19.1. The average Bonchev–Trinajstić information content (AvgIpc) is 3.20. The van der Waals surface area contributed by atoms with E-state index in [9.17, 15) is 14.7 Å². The van der Waals surface area contributed by atoms with Crippen molar-refractivity contribution >= 4 is 22.8 Å². The fourth-order valence-electron chi connectivity index (χ4n) is 6.87. The molecule has 1 aliphatic heterocycles. The molecule has 0 saturated carbocycles. The summed E-state index contributed by atoms with van der Waals surface area (Å²) >= 11 is 0. The Balaban J connectivity index is 1.19. The summed E-state index contributed by atoms with van der Waals surface area (Å²) in [6.45, 7) is 7.18. The van der Waals surface area contributed by atoms with Crippen molar-refractivity contribution in [2.75, 3.05) is 26.7 Å². The number of benzene rings is 5. The number of hydrogen-bond donors (Lipinski definition) is 3. The number of fused-ring (bicyclic) bond motifs is 1. The first-order valence-corrected chi connectivity index (χ1v) is 18.3. The first-order chi connectivity index (χ1) is 25.7. The zero-order chi connectivity index (χ0) is 37.3. The molecule has 0 radical (unpaired) electrons. The van der Waals surface area contributed by atoms with Crippen molar-refractivity contribution < 1.29 is 28.9 Å². The van der Waals surface area contributed by atoms with Crippen molar-refractivity contribution in [2.24, 2.45) is 5.92 Å². The van der Waals surface area contributed by atoms with Crippen LogP contribution in [0.3, 0.4) is 0 Å². The van der Waals surface area contributed by atoms with E-state index in [1.165, 1.54) is 16.3 Å². The molecule has 5 aromatic rings. The fourth-order valence-corrected chi connectivity index (χ4v) is 6.87. The van der Waals surface area contributed by atoms with Crippen LogP contribution in [0.1, 0.15) is 67.0 Å². The third-order valence-corrected chi connectivity index (χ3v) is 10.2. The Kier molecular flexibility index (Phi) is 12.5. The van der Waals surface area contributed by atoms with Crippen molar-refractivity contribution in [1.29, 1.82) is 0 Å². The molecular formula is C44H49N3O6. The average molecular weight is 716 g/mol. The molecule has 5 aromatic carbocycles. The van der Waals surface area contributed by atoms with E-state index in [2.05, 4.69) is 78.9 Å². The number of urea groups is 1. The highest BCUT2D eigenvalue weighted by molar-refractivity contribution is 5.83. The molecule has 9 heteroatoms. The number of amides is 2. The van der Waals surface area contributed by atoms with Gasteiger partial charge in [-0.3, -0.25) is 9.69 Å². The van der Waals surface area contributed by atoms with E-state index in [1.807, 2.05) is 72.8 Å². The summed E-state index contributed by atoms with van der Waals surface area (Å²) in [4.78, 5) is 26.3. The lowest BCUT2D eigenvalue weighted by Gasteiger charge is -2.43. The minimum Gasteiger partial charge on any atom is -0.465 e. The molecule has 0 aromatic heterocycles. The Labute approximate surface area is 311 Å². The molecule has 2 amide bonds. The van der Waals surface area contributed by atoms with Gasteiger partial charge < -0.3 is 30.0 Å². The van der Waals surface area contributed by atoms with Gasteiger partial charge in [0.15, 0.2) is 6.29 Å². The van der Waals surface area contributed by atoms with Gasteiger partial charge in [-0.25, -0.2) is 4.79 Å². The van der Waals surface area contributed by atoms with E-state index >= 15 is 0 Å². The molecule has 5 atom stereocenters. The van der Waals surface area contributed by atoms with Gasteiger partial charge in [-0.1, -0.05) is 116 Å². The zero-order valence-electron chi connectivity index (χ0n) is 30.8. The van der Waals surface area contributed by atoms with E-state index in [0.29, 0.717) is 6.54 Å². The second kappa shape index (κ2) is 17.6. The summed E-state index contributed by atoms with van der Waals surface area (Å²) in [5, 5.41) is 17.5. The number of esters is 1. The summed E-state index contributed by atoms with van der Waals surface area (Å²) in [6, 6.07) is 38.9. The first kappa shape index (κ1) is 37.7. The lowest BCUT2D eigenvalue weighted by Crippen LogP contribution is -2.44. The van der Waals surface area contributed by atoms with Gasteiger partial charge in [-0.15, -0.1) is 0 Å². The second-order valence-electron chi connectivity index (χ2n) is 13.7. The maximum absolute atomic E-state index is 12.4. The maximum Gasteiger partial charge on any atom is 0.325 e. The first-order valence-electron chi connectivity index (χ1n) is 18.3. The Bertz CT molecular complexity index is 1980. The van der Waals surface area contributed by atoms with Gasteiger partial charge in [0.1, 0.15) is 6.54 Å². The molecular weight excluding hydrogens is 666 g/mol. The summed E-state index contributed by atoms with van der Waals surface area (Å²) in [6.07, 6.45) is -0.958. The summed E-state index contributed by atoms with van der Waals surface area (Å²) in [5.74, 6) is -0.436. The molecule has 0 spiro atoms. The van der Waals surface area contributed by atoms with Gasteiger partial charge in [0.05, 0.1) is 25.4 Å². The van der Waals surface area contributed by atoms with E-state index in [0.717, 1.165) is 33.4 Å². The number of nitrogens with zero attached hydrogens (tertiary/aromatic N) is 1. The zero-order valence-corrected chi connectivity index (χ0v) is 30.8. The van der Waals surface area contributed by atoms with Crippen molar-refractivity contribution in [3.05, 3.63) is 143 Å². The molecule has 9 nitrogen and oxygen atoms in total. The Morgan fingerprint density at radius 1 is 0.849 bits per heavy atom. The lowest BCUT2D eigenvalue weighted by molar-refractivity contribution is -0.276. The van der Waals surface area contributed by atoms with E-state index in [1.54, 1.807) is 6.92 Å². The van der Waals surface area contributed by atoms with Crippen molar-refractivity contribution in [2.45, 2.75) is 58.5 Å². The number of ether oxygens (including phenoxy) is 3. The van der Waals surface area contributed by atoms with Gasteiger partial charge in [-0.2, -0.15) is 0 Å². The van der Waals surface area contributed by atoms with Gasteiger partial charge in [0, 0.05) is 30.6 Å². The Morgan fingerprint density at radius 2 is 1.55 bits per heavy atom. The maximum atomic E-state index is 12.4. The highest BCUT2D eigenvalue weighted by atomic mass is 16.7. The van der Waals surface area contributed by atoms with Crippen LogP contribution in [0.5, 0.6) is 0 Å². The molecule has 1 fully saturated rings. The number of aliphatic hydroxyl groups excluding tert-OH is 1. The molecule has 3 N–H and O–H groups in total. The van der Waals surface area contributed by atoms with Gasteiger partial charge >= 0.3 is 12.0 Å². The van der Waals surface area contributed by atoms with E-state index < -0.39 is 18.3 Å². The summed E-state index contributed by atoms with van der Waals surface area (Å²) < 4.78 is 18.4. The smallest absolute Gasteiger partial charge is 0.325 e. The molecule has 53 heavy (non-hydrogen) atoms. The lowest BCUT2D eigenvalue weighted by atomic mass is 9.89. The number of likely N-dealkylation sites (N-methyl/N-ethyl adjacent to an activating group) is 1. The van der Waals surface area contributed by atoms with Crippen LogP contribution in [0.2, 0.25) is 0 Å². The van der Waals surface area contributed by atoms with Crippen LogP contribution in [0.15, 0.2) is 115 Å². The van der Waals surface area contributed by atoms with Crippen molar-refractivity contribution in [3.63, 3.8) is 0 Å². The van der Waals surface area contributed by atoms with E-state index in [4.69, 9.17) is 14.2 Å². The number of hydrogen-bond acceptors (Lipinski definition) is 7. The van der Waals surface area contributed by atoms with Crippen LogP contribution in [0, 0.1) is 5.92 Å². The number of rotatable bonds is 13. The van der Waals surface area contributed by atoms with Gasteiger partial charge in [0.25, 0.3) is 0 Å². The predicted molar refractivity (Wildman–Crippen MR) is 207 cm³/mol. The fraction of sp³-hybridized carbons (Fsp3) is 0.318. The van der Waals surface area contributed by atoms with Crippen LogP contribution < -0.4 is 10.6 Å². The number of carbonyl (C=O) groups excluding carboxylic acids is 2. The molecule has 276 valence electrons. The third-order valence-electron chi connectivity index (χ3n) is 10.2. The van der Waals surface area contributed by atoms with Gasteiger partial charge in [-0.05, 0) is 71.1 Å². The molecule has 1 aliphatic rings. The van der Waals surface area contributed by atoms with E-state index in [-0.39, 0.29) is 50.5 Å². The van der Waals surface area contributed by atoms with Crippen LogP contribution in [0.25, 0.3) is 21.9 Å². The van der Waals surface area contributed by atoms with Crippen LogP contribution in [-0.4, -0.2) is 54.9 Å². The number of carbonyl (C=O) groups is 2. The van der Waals surface area contributed by atoms with Crippen LogP contribution in [0.4, 0.5) is 4.79 Å². The monoisotopic (exact) mass is 715 g/mol. The second-order valence-corrected chi connectivity index (χ2v) is 13.7. The standard InChI is InChI=1S/C44H49N3O6/c1-5-51-41(49)26-46-44(50)45-25-38-12-8-9-13-39(38)33-19-21-35(22-20-33)43-52-40(29(2)42(53-43)34-16-14-31(28-48)15-17-34)27-47(4)30(3)36-23-18-32-10-6-7-11-37(32)24-36/h6-24,29-30,40,42-43,48H,5,25-28H2,1-4H3,(H2,45,46,50)/t29-,30-,40+,42+,43+/m1/s1. The molecule has 0 unspecified atom stereocenters. The minimum atomic E-state index is -0.600. The largest absolute Gasteiger partial charge is 0.465 e. The molecule has 1 saturated heterocycles. The quantitative estimate of drug-likeness (QED) is 0.107. The Morgan fingerprint density at radius 3 is 2.28 bits per heavy atom. The van der Waals surface area contributed by atoms with Crippen LogP contribution >= 0.6 is 0 Å². The predicted octanol–water partition coefficient (Wildman–Crippen LogP) is 7.85. The molecule has 6 rings (SSSR count). The third kappa shape index (κ3) is 9.30. The molecule has 0 bridgehead atoms. The van der Waals surface area contributed by atoms with Crippen molar-refractivity contribution in [3.8, 4) is 11.1 Å².